The molecule has 1 aromatic carbocycles. The van der Waals surface area contributed by atoms with Gasteiger partial charge in [-0.2, -0.15) is 11.8 Å². The average molecular weight is 415 g/mol. The molecular weight excluding hydrogens is 390 g/mol. The second-order valence-corrected chi connectivity index (χ2v) is 8.32. The maximum absolute atomic E-state index is 13.8. The molecule has 2 saturated heterocycles. The molecule has 2 fully saturated rings. The van der Waals surface area contributed by atoms with Gasteiger partial charge in [0.25, 0.3) is 0 Å². The number of nitrogens with zero attached hydrogens (tertiary/aromatic N) is 2. The lowest BCUT2D eigenvalue weighted by Crippen LogP contribution is -2.59. The number of anilines is 1. The predicted octanol–water partition coefficient (Wildman–Crippen LogP) is 2.64. The fourth-order valence-electron chi connectivity index (χ4n) is 3.71. The van der Waals surface area contributed by atoms with Crippen molar-refractivity contribution in [1.29, 1.82) is 0 Å². The zero-order valence-corrected chi connectivity index (χ0v) is 17.1. The molecule has 1 aromatic rings. The molecular formula is C18H24F2N4OS2. The summed E-state index contributed by atoms with van der Waals surface area (Å²) in [4.78, 5) is 16.3. The highest BCUT2D eigenvalue weighted by Crippen LogP contribution is 2.32. The number of thioether (sulfide) groups is 1. The van der Waals surface area contributed by atoms with Gasteiger partial charge in [0.1, 0.15) is 11.6 Å². The van der Waals surface area contributed by atoms with Crippen LogP contribution in [0.15, 0.2) is 18.2 Å². The zero-order valence-electron chi connectivity index (χ0n) is 15.4. The van der Waals surface area contributed by atoms with Gasteiger partial charge in [0.05, 0.1) is 17.4 Å². The molecule has 27 heavy (non-hydrogen) atoms. The van der Waals surface area contributed by atoms with E-state index in [-0.39, 0.29) is 23.3 Å². The number of hydrogen-bond donors (Lipinski definition) is 2. The Kier molecular flexibility index (Phi) is 6.22. The Bertz CT molecular complexity index is 725. The SMILES string of the molecule is CSCCC1NC2(CCN(C(=S)Nc3cc(F)ccc3F)CC2)N(C)C1=O. The number of likely N-dealkylation sites (N-methyl/N-ethyl adjacent to an activating group) is 1. The number of thiocarbonyl (C=S) groups is 1. The van der Waals surface area contributed by atoms with E-state index in [1.165, 1.54) is 0 Å². The fraction of sp³-hybridized carbons (Fsp3) is 0.556. The summed E-state index contributed by atoms with van der Waals surface area (Å²) < 4.78 is 27.1. The molecule has 0 saturated carbocycles. The van der Waals surface area contributed by atoms with Crippen molar-refractivity contribution in [3.8, 4) is 0 Å². The van der Waals surface area contributed by atoms with E-state index in [0.717, 1.165) is 43.2 Å². The molecule has 5 nitrogen and oxygen atoms in total. The molecule has 1 amide bonds. The van der Waals surface area contributed by atoms with Crippen LogP contribution in [0.1, 0.15) is 19.3 Å². The number of amides is 1. The van der Waals surface area contributed by atoms with Crippen LogP contribution in [-0.2, 0) is 4.79 Å². The molecule has 1 unspecified atom stereocenters. The lowest BCUT2D eigenvalue weighted by atomic mass is 9.96. The van der Waals surface area contributed by atoms with Crippen LogP contribution in [0.2, 0.25) is 0 Å². The zero-order chi connectivity index (χ0) is 19.6. The van der Waals surface area contributed by atoms with E-state index in [2.05, 4.69) is 10.6 Å². The number of likely N-dealkylation sites (tertiary alicyclic amines) is 1. The topological polar surface area (TPSA) is 47.6 Å². The third-order valence-electron chi connectivity index (χ3n) is 5.37. The summed E-state index contributed by atoms with van der Waals surface area (Å²) in [7, 11) is 1.85. The van der Waals surface area contributed by atoms with Crippen molar-refractivity contribution in [3.05, 3.63) is 29.8 Å². The van der Waals surface area contributed by atoms with Crippen molar-refractivity contribution in [3.63, 3.8) is 0 Å². The van der Waals surface area contributed by atoms with Crippen molar-refractivity contribution in [2.45, 2.75) is 31.0 Å². The number of carbonyl (C=O) groups is 1. The van der Waals surface area contributed by atoms with Crippen LogP contribution in [0.4, 0.5) is 14.5 Å². The lowest BCUT2D eigenvalue weighted by molar-refractivity contribution is -0.131. The first-order chi connectivity index (χ1) is 12.9. The average Bonchev–Trinajstić information content (AvgIpc) is 2.88. The van der Waals surface area contributed by atoms with Gasteiger partial charge in [-0.25, -0.2) is 8.78 Å². The maximum Gasteiger partial charge on any atom is 0.241 e. The van der Waals surface area contributed by atoms with Gasteiger partial charge in [0.2, 0.25) is 5.91 Å². The van der Waals surface area contributed by atoms with Crippen LogP contribution >= 0.6 is 24.0 Å². The van der Waals surface area contributed by atoms with Crippen molar-refractivity contribution in [2.75, 3.05) is 37.5 Å². The summed E-state index contributed by atoms with van der Waals surface area (Å²) in [6.45, 7) is 1.26. The Morgan fingerprint density at radius 2 is 2.11 bits per heavy atom. The number of carbonyl (C=O) groups excluding carboxylic acids is 1. The van der Waals surface area contributed by atoms with Crippen molar-refractivity contribution >= 4 is 40.7 Å². The maximum atomic E-state index is 13.8. The molecule has 2 heterocycles. The number of halogens is 2. The summed E-state index contributed by atoms with van der Waals surface area (Å²) >= 11 is 7.11. The molecule has 2 N–H and O–H groups in total. The van der Waals surface area contributed by atoms with E-state index in [4.69, 9.17) is 12.2 Å². The van der Waals surface area contributed by atoms with Gasteiger partial charge < -0.3 is 15.1 Å². The molecule has 0 radical (unpaired) electrons. The minimum atomic E-state index is -0.549. The summed E-state index contributed by atoms with van der Waals surface area (Å²) in [5, 5.41) is 6.69. The number of hydrogen-bond acceptors (Lipinski definition) is 4. The first kappa shape index (κ1) is 20.3. The molecule has 0 aromatic heterocycles. The minimum absolute atomic E-state index is 0.0312. The highest BCUT2D eigenvalue weighted by atomic mass is 32.2. The van der Waals surface area contributed by atoms with E-state index in [1.54, 1.807) is 11.8 Å². The van der Waals surface area contributed by atoms with Gasteiger partial charge in [-0.15, -0.1) is 0 Å². The van der Waals surface area contributed by atoms with Gasteiger partial charge in [0.15, 0.2) is 5.11 Å². The predicted molar refractivity (Wildman–Crippen MR) is 109 cm³/mol. The van der Waals surface area contributed by atoms with Gasteiger partial charge in [-0.1, -0.05) is 0 Å². The second-order valence-electron chi connectivity index (χ2n) is 6.95. The normalized spacial score (nSPS) is 21.8. The van der Waals surface area contributed by atoms with Crippen molar-refractivity contribution in [2.24, 2.45) is 0 Å². The van der Waals surface area contributed by atoms with Gasteiger partial charge in [-0.3, -0.25) is 10.1 Å². The van der Waals surface area contributed by atoms with Crippen LogP contribution in [0.3, 0.4) is 0 Å². The highest BCUT2D eigenvalue weighted by Gasteiger charge is 2.49. The Morgan fingerprint density at radius 1 is 1.41 bits per heavy atom. The quantitative estimate of drug-likeness (QED) is 0.739. The first-order valence-electron chi connectivity index (χ1n) is 8.91. The molecule has 2 aliphatic heterocycles. The Hall–Kier alpha value is -1.45. The van der Waals surface area contributed by atoms with Crippen molar-refractivity contribution in [1.82, 2.24) is 15.1 Å². The summed E-state index contributed by atoms with van der Waals surface area (Å²) in [6.07, 6.45) is 4.29. The lowest BCUT2D eigenvalue weighted by Gasteiger charge is -2.44. The fourth-order valence-corrected chi connectivity index (χ4v) is 4.47. The third-order valence-corrected chi connectivity index (χ3v) is 6.38. The van der Waals surface area contributed by atoms with Crippen LogP contribution in [0, 0.1) is 11.6 Å². The van der Waals surface area contributed by atoms with Crippen molar-refractivity contribution < 1.29 is 13.6 Å². The van der Waals surface area contributed by atoms with Gasteiger partial charge in [-0.05, 0) is 42.8 Å². The van der Waals surface area contributed by atoms with E-state index in [1.807, 2.05) is 23.1 Å². The smallest absolute Gasteiger partial charge is 0.241 e. The van der Waals surface area contributed by atoms with E-state index in [9.17, 15) is 13.6 Å². The summed E-state index contributed by atoms with van der Waals surface area (Å²) in [6, 6.07) is 3.10. The minimum Gasteiger partial charge on any atom is -0.349 e. The molecule has 9 heteroatoms. The van der Waals surface area contributed by atoms with E-state index in [0.29, 0.717) is 18.2 Å². The summed E-state index contributed by atoms with van der Waals surface area (Å²) in [5.74, 6) is 0.00435. The molecule has 1 atom stereocenters. The monoisotopic (exact) mass is 414 g/mol. The largest absolute Gasteiger partial charge is 0.349 e. The van der Waals surface area contributed by atoms with Gasteiger partial charge >= 0.3 is 0 Å². The Labute approximate surface area is 167 Å². The number of piperidine rings is 1. The Balaban J connectivity index is 1.60. The molecule has 3 rings (SSSR count). The number of benzene rings is 1. The second kappa shape index (κ2) is 8.28. The Morgan fingerprint density at radius 3 is 2.78 bits per heavy atom. The standard InChI is InChI=1S/C18H24F2N4OS2/c1-23-16(25)14(5-10-27-2)22-18(23)6-8-24(9-7-18)17(26)21-15-11-12(19)3-4-13(15)20/h3-4,11,14,22H,5-10H2,1-2H3,(H,21,26). The third kappa shape index (κ3) is 4.20. The van der Waals surface area contributed by atoms with Gasteiger partial charge in [0, 0.05) is 39.0 Å². The van der Waals surface area contributed by atoms with E-state index >= 15 is 0 Å². The molecule has 0 aliphatic carbocycles. The highest BCUT2D eigenvalue weighted by molar-refractivity contribution is 7.98. The van der Waals surface area contributed by atoms with Crippen LogP contribution in [0.25, 0.3) is 0 Å². The summed E-state index contributed by atoms with van der Waals surface area (Å²) in [5.41, 5.74) is -0.320. The number of nitrogens with one attached hydrogen (secondary N) is 2. The number of rotatable bonds is 4. The first-order valence-corrected chi connectivity index (χ1v) is 10.7. The molecule has 0 bridgehead atoms. The van der Waals surface area contributed by atoms with Crippen LogP contribution < -0.4 is 10.6 Å². The molecule has 148 valence electrons. The van der Waals surface area contributed by atoms with E-state index < -0.39 is 11.6 Å². The molecule has 2 aliphatic rings. The molecule has 1 spiro atoms. The van der Waals surface area contributed by atoms with Crippen LogP contribution in [0.5, 0.6) is 0 Å². The van der Waals surface area contributed by atoms with Crippen LogP contribution in [-0.4, -0.2) is 64.7 Å².